The lowest BCUT2D eigenvalue weighted by Gasteiger charge is -2.08. The fourth-order valence-corrected chi connectivity index (χ4v) is 2.11. The van der Waals surface area contributed by atoms with Crippen LogP contribution in [0.15, 0.2) is 36.7 Å². The predicted octanol–water partition coefficient (Wildman–Crippen LogP) is 1.83. The number of H-pyrrole nitrogens is 1. The first kappa shape index (κ1) is 11.0. The summed E-state index contributed by atoms with van der Waals surface area (Å²) in [7, 11) is 0. The smallest absolute Gasteiger partial charge is 0.131 e. The molecule has 0 aliphatic carbocycles. The van der Waals surface area contributed by atoms with E-state index in [1.807, 2.05) is 35.1 Å². The van der Waals surface area contributed by atoms with Gasteiger partial charge in [0.15, 0.2) is 0 Å². The van der Waals surface area contributed by atoms with Crippen LogP contribution in [0.25, 0.3) is 11.0 Å². The van der Waals surface area contributed by atoms with Gasteiger partial charge in [0, 0.05) is 18.9 Å². The van der Waals surface area contributed by atoms with E-state index in [4.69, 9.17) is 5.73 Å². The number of nitrogens with zero attached hydrogens (tertiary/aromatic N) is 3. The van der Waals surface area contributed by atoms with Crippen LogP contribution in [0.3, 0.4) is 0 Å². The Kier molecular flexibility index (Phi) is 2.60. The first-order valence-corrected chi connectivity index (χ1v) is 5.96. The minimum absolute atomic E-state index is 0.0815. The summed E-state index contributed by atoms with van der Waals surface area (Å²) in [5.41, 5.74) is 8.76. The van der Waals surface area contributed by atoms with E-state index in [-0.39, 0.29) is 6.04 Å². The summed E-state index contributed by atoms with van der Waals surface area (Å²) in [6, 6.07) is 8.00. The molecule has 0 aliphatic rings. The number of benzene rings is 1. The molecular weight excluding hydrogens is 226 g/mol. The van der Waals surface area contributed by atoms with Gasteiger partial charge >= 0.3 is 0 Å². The zero-order chi connectivity index (χ0) is 12.5. The number of aromatic nitrogens is 4. The Morgan fingerprint density at radius 3 is 3.00 bits per heavy atom. The number of para-hydroxylation sites is 1. The van der Waals surface area contributed by atoms with Gasteiger partial charge in [-0.2, -0.15) is 5.10 Å². The maximum Gasteiger partial charge on any atom is 0.131 e. The monoisotopic (exact) mass is 241 g/mol. The number of hydrogen-bond acceptors (Lipinski definition) is 3. The van der Waals surface area contributed by atoms with Gasteiger partial charge in [-0.1, -0.05) is 12.1 Å². The number of nitrogens with two attached hydrogens (primary N) is 1. The normalized spacial score (nSPS) is 13.0. The number of fused-ring (bicyclic) bond motifs is 1. The molecule has 0 aliphatic heterocycles. The average Bonchev–Trinajstić information content (AvgIpc) is 3.05. The van der Waals surface area contributed by atoms with E-state index in [0.29, 0.717) is 6.54 Å². The minimum atomic E-state index is 0.0815. The van der Waals surface area contributed by atoms with Gasteiger partial charge in [-0.15, -0.1) is 0 Å². The molecule has 0 fully saturated rings. The summed E-state index contributed by atoms with van der Waals surface area (Å²) in [5.74, 6) is 0.898. The molecule has 1 atom stereocenters. The second-order valence-corrected chi connectivity index (χ2v) is 4.30. The Labute approximate surface area is 105 Å². The highest BCUT2D eigenvalue weighted by Gasteiger charge is 2.13. The predicted molar refractivity (Wildman–Crippen MR) is 70.0 cm³/mol. The molecule has 92 valence electrons. The van der Waals surface area contributed by atoms with Crippen LogP contribution in [0.1, 0.15) is 24.4 Å². The van der Waals surface area contributed by atoms with Gasteiger partial charge in [0.2, 0.25) is 0 Å². The number of hydrogen-bond donors (Lipinski definition) is 2. The molecular formula is C13H15N5. The van der Waals surface area contributed by atoms with Crippen molar-refractivity contribution in [2.75, 3.05) is 0 Å². The van der Waals surface area contributed by atoms with E-state index in [0.717, 1.165) is 22.4 Å². The van der Waals surface area contributed by atoms with Crippen molar-refractivity contribution >= 4 is 11.0 Å². The Hall–Kier alpha value is -2.14. The largest absolute Gasteiger partial charge is 0.340 e. The highest BCUT2D eigenvalue weighted by atomic mass is 15.3. The van der Waals surface area contributed by atoms with Crippen LogP contribution < -0.4 is 5.73 Å². The van der Waals surface area contributed by atoms with E-state index in [1.54, 1.807) is 6.20 Å². The highest BCUT2D eigenvalue weighted by Crippen LogP contribution is 2.21. The van der Waals surface area contributed by atoms with Gasteiger partial charge in [0.1, 0.15) is 11.9 Å². The Morgan fingerprint density at radius 2 is 2.28 bits per heavy atom. The molecule has 18 heavy (non-hydrogen) atoms. The third-order valence-electron chi connectivity index (χ3n) is 3.15. The van der Waals surface area contributed by atoms with Crippen LogP contribution in [0.2, 0.25) is 0 Å². The van der Waals surface area contributed by atoms with Gasteiger partial charge in [0.05, 0.1) is 11.0 Å². The fourth-order valence-electron chi connectivity index (χ4n) is 2.11. The van der Waals surface area contributed by atoms with Crippen LogP contribution in [-0.2, 0) is 6.54 Å². The summed E-state index contributed by atoms with van der Waals surface area (Å²) < 4.78 is 1.87. The first-order chi connectivity index (χ1) is 8.79. The van der Waals surface area contributed by atoms with Crippen molar-refractivity contribution in [3.63, 3.8) is 0 Å². The SMILES string of the molecule is CC(c1nc2c(CN)cccc2[nH]1)n1cccn1. The van der Waals surface area contributed by atoms with Gasteiger partial charge in [-0.05, 0) is 24.6 Å². The van der Waals surface area contributed by atoms with E-state index in [2.05, 4.69) is 22.0 Å². The molecule has 0 saturated heterocycles. The molecule has 2 aromatic heterocycles. The summed E-state index contributed by atoms with van der Waals surface area (Å²) in [4.78, 5) is 7.97. The summed E-state index contributed by atoms with van der Waals surface area (Å²) >= 11 is 0. The molecule has 0 radical (unpaired) electrons. The molecule has 3 aromatic rings. The maximum absolute atomic E-state index is 5.72. The third kappa shape index (κ3) is 1.69. The average molecular weight is 241 g/mol. The molecule has 1 aromatic carbocycles. The van der Waals surface area contributed by atoms with E-state index in [9.17, 15) is 0 Å². The number of aromatic amines is 1. The summed E-state index contributed by atoms with van der Waals surface area (Å²) in [5, 5.41) is 4.24. The topological polar surface area (TPSA) is 72.5 Å². The van der Waals surface area contributed by atoms with Gasteiger partial charge in [-0.25, -0.2) is 4.98 Å². The molecule has 0 amide bonds. The molecule has 3 N–H and O–H groups in total. The number of nitrogens with one attached hydrogen (secondary N) is 1. The quantitative estimate of drug-likeness (QED) is 0.734. The maximum atomic E-state index is 5.72. The molecule has 1 unspecified atom stereocenters. The minimum Gasteiger partial charge on any atom is -0.340 e. The van der Waals surface area contributed by atoms with Gasteiger partial charge < -0.3 is 10.7 Å². The number of rotatable bonds is 3. The van der Waals surface area contributed by atoms with Crippen LogP contribution in [0.5, 0.6) is 0 Å². The van der Waals surface area contributed by atoms with E-state index in [1.165, 1.54) is 0 Å². The van der Waals surface area contributed by atoms with Crippen molar-refractivity contribution in [3.8, 4) is 0 Å². The Balaban J connectivity index is 2.08. The lowest BCUT2D eigenvalue weighted by molar-refractivity contribution is 0.542. The zero-order valence-corrected chi connectivity index (χ0v) is 10.2. The van der Waals surface area contributed by atoms with E-state index < -0.39 is 0 Å². The molecule has 5 heteroatoms. The first-order valence-electron chi connectivity index (χ1n) is 5.96. The zero-order valence-electron chi connectivity index (χ0n) is 10.2. The van der Waals surface area contributed by atoms with Crippen molar-refractivity contribution in [3.05, 3.63) is 48.0 Å². The lowest BCUT2D eigenvalue weighted by Crippen LogP contribution is -2.08. The van der Waals surface area contributed by atoms with Gasteiger partial charge in [0.25, 0.3) is 0 Å². The second-order valence-electron chi connectivity index (χ2n) is 4.30. The molecule has 5 nitrogen and oxygen atoms in total. The molecule has 0 saturated carbocycles. The lowest BCUT2D eigenvalue weighted by atomic mass is 10.2. The third-order valence-corrected chi connectivity index (χ3v) is 3.15. The van der Waals surface area contributed by atoms with Crippen molar-refractivity contribution in [1.29, 1.82) is 0 Å². The molecule has 2 heterocycles. The Morgan fingerprint density at radius 1 is 1.39 bits per heavy atom. The molecule has 0 spiro atoms. The van der Waals surface area contributed by atoms with Crippen LogP contribution >= 0.6 is 0 Å². The van der Waals surface area contributed by atoms with E-state index >= 15 is 0 Å². The van der Waals surface area contributed by atoms with Crippen molar-refractivity contribution in [1.82, 2.24) is 19.7 Å². The van der Waals surface area contributed by atoms with Crippen LogP contribution in [-0.4, -0.2) is 19.7 Å². The summed E-state index contributed by atoms with van der Waals surface area (Å²) in [6.45, 7) is 2.56. The van der Waals surface area contributed by atoms with Gasteiger partial charge in [-0.3, -0.25) is 4.68 Å². The van der Waals surface area contributed by atoms with Crippen LogP contribution in [0, 0.1) is 0 Å². The van der Waals surface area contributed by atoms with Crippen molar-refractivity contribution in [2.45, 2.75) is 19.5 Å². The molecule has 0 bridgehead atoms. The highest BCUT2D eigenvalue weighted by molar-refractivity contribution is 5.78. The van der Waals surface area contributed by atoms with Crippen LogP contribution in [0.4, 0.5) is 0 Å². The standard InChI is InChI=1S/C13H15N5/c1-9(18-7-3-6-15-18)13-16-11-5-2-4-10(8-14)12(11)17-13/h2-7,9H,8,14H2,1H3,(H,16,17). The fraction of sp³-hybridized carbons (Fsp3) is 0.231. The second kappa shape index (κ2) is 4.27. The Bertz CT molecular complexity index is 653. The van der Waals surface area contributed by atoms with Crippen molar-refractivity contribution < 1.29 is 0 Å². The molecule has 3 rings (SSSR count). The number of imidazole rings is 1. The van der Waals surface area contributed by atoms with Crippen molar-refractivity contribution in [2.24, 2.45) is 5.73 Å². The summed E-state index contributed by atoms with van der Waals surface area (Å²) in [6.07, 6.45) is 3.70.